The molecule has 2 rings (SSSR count). The largest absolute Gasteiger partial charge is 0.496 e. The predicted octanol–water partition coefficient (Wildman–Crippen LogP) is 2.43. The Kier molecular flexibility index (Phi) is 5.72. The molecule has 2 aromatic rings. The van der Waals surface area contributed by atoms with E-state index in [2.05, 4.69) is 15.6 Å². The Morgan fingerprint density at radius 2 is 2.12 bits per heavy atom. The molecule has 0 spiro atoms. The molecule has 0 saturated carbocycles. The fourth-order valence-electron chi connectivity index (χ4n) is 2.42. The van der Waals surface area contributed by atoms with Crippen LogP contribution in [0, 0.1) is 5.92 Å². The Bertz CT molecular complexity index is 692. The molecule has 1 heterocycles. The second kappa shape index (κ2) is 7.57. The van der Waals surface area contributed by atoms with Crippen molar-refractivity contribution in [1.82, 2.24) is 15.6 Å². The van der Waals surface area contributed by atoms with Crippen molar-refractivity contribution in [3.63, 3.8) is 0 Å². The van der Waals surface area contributed by atoms with Crippen LogP contribution in [0.5, 0.6) is 5.75 Å². The summed E-state index contributed by atoms with van der Waals surface area (Å²) in [6, 6.07) is 5.58. The summed E-state index contributed by atoms with van der Waals surface area (Å²) in [5.74, 6) is 0.887. The third-order valence-corrected chi connectivity index (χ3v) is 4.50. The Balaban J connectivity index is 1.87. The summed E-state index contributed by atoms with van der Waals surface area (Å²) in [5.41, 5.74) is 1.19. The fourth-order valence-corrected chi connectivity index (χ4v) is 2.42. The Labute approximate surface area is 142 Å². The van der Waals surface area contributed by atoms with Crippen molar-refractivity contribution in [3.05, 3.63) is 30.0 Å². The van der Waals surface area contributed by atoms with Crippen molar-refractivity contribution in [2.45, 2.75) is 32.8 Å². The van der Waals surface area contributed by atoms with Gasteiger partial charge in [0.1, 0.15) is 5.75 Å². The van der Waals surface area contributed by atoms with Crippen molar-refractivity contribution < 1.29 is 14.6 Å². The summed E-state index contributed by atoms with van der Waals surface area (Å²) in [6.07, 6.45) is 2.63. The van der Waals surface area contributed by atoms with Crippen LogP contribution in [0.4, 0.5) is 4.79 Å². The highest BCUT2D eigenvalue weighted by Crippen LogP contribution is 2.28. The fraction of sp³-hybridized carbons (Fsp3) is 0.500. The van der Waals surface area contributed by atoms with Gasteiger partial charge in [0.2, 0.25) is 0 Å². The van der Waals surface area contributed by atoms with Gasteiger partial charge >= 0.3 is 6.03 Å². The van der Waals surface area contributed by atoms with Crippen molar-refractivity contribution >= 4 is 16.9 Å². The maximum Gasteiger partial charge on any atom is 0.314 e. The minimum Gasteiger partial charge on any atom is -0.496 e. The van der Waals surface area contributed by atoms with Crippen LogP contribution in [0.25, 0.3) is 10.9 Å². The molecule has 1 unspecified atom stereocenters. The predicted molar refractivity (Wildman–Crippen MR) is 95.4 cm³/mol. The van der Waals surface area contributed by atoms with E-state index in [4.69, 9.17) is 4.74 Å². The molecule has 0 fully saturated rings. The number of methoxy groups -OCH3 is 1. The SMILES string of the molecule is COc1cccc2[nH]cc(CCNC(=O)NCC(C)(O)C(C)C)c12. The van der Waals surface area contributed by atoms with E-state index in [1.807, 2.05) is 38.2 Å². The molecule has 0 aliphatic heterocycles. The quantitative estimate of drug-likeness (QED) is 0.628. The average molecular weight is 333 g/mol. The number of carbonyl (C=O) groups excluding carboxylic acids is 1. The summed E-state index contributed by atoms with van der Waals surface area (Å²) in [4.78, 5) is 15.1. The first-order chi connectivity index (χ1) is 11.3. The van der Waals surface area contributed by atoms with Crippen molar-refractivity contribution in [2.24, 2.45) is 5.92 Å². The molecule has 2 amide bonds. The Hall–Kier alpha value is -2.21. The molecule has 0 aliphatic rings. The van der Waals surface area contributed by atoms with E-state index in [1.54, 1.807) is 14.0 Å². The summed E-state index contributed by atoms with van der Waals surface area (Å²) in [7, 11) is 1.65. The van der Waals surface area contributed by atoms with Gasteiger partial charge in [-0.3, -0.25) is 0 Å². The zero-order chi connectivity index (χ0) is 17.7. The molecule has 6 heteroatoms. The van der Waals surface area contributed by atoms with Gasteiger partial charge in [-0.25, -0.2) is 4.79 Å². The van der Waals surface area contributed by atoms with Crippen LogP contribution in [-0.4, -0.2) is 41.9 Å². The molecular formula is C18H27N3O3. The zero-order valence-corrected chi connectivity index (χ0v) is 14.8. The molecule has 0 bridgehead atoms. The number of benzene rings is 1. The van der Waals surface area contributed by atoms with Gasteiger partial charge in [-0.1, -0.05) is 19.9 Å². The number of amides is 2. The lowest BCUT2D eigenvalue weighted by atomic mass is 9.93. The van der Waals surface area contributed by atoms with E-state index in [-0.39, 0.29) is 18.5 Å². The number of carbonyl (C=O) groups is 1. The molecule has 1 aromatic heterocycles. The van der Waals surface area contributed by atoms with Crippen LogP contribution in [0.1, 0.15) is 26.3 Å². The number of rotatable bonds is 7. The summed E-state index contributed by atoms with van der Waals surface area (Å²) in [5, 5.41) is 16.7. The second-order valence-electron chi connectivity index (χ2n) is 6.57. The number of H-pyrrole nitrogens is 1. The van der Waals surface area contributed by atoms with Crippen molar-refractivity contribution in [3.8, 4) is 5.75 Å². The van der Waals surface area contributed by atoms with Crippen LogP contribution < -0.4 is 15.4 Å². The van der Waals surface area contributed by atoms with Crippen molar-refractivity contribution in [2.75, 3.05) is 20.2 Å². The van der Waals surface area contributed by atoms with E-state index >= 15 is 0 Å². The normalized spacial score (nSPS) is 13.8. The molecule has 4 N–H and O–H groups in total. The van der Waals surface area contributed by atoms with Gasteiger partial charge in [0.25, 0.3) is 0 Å². The van der Waals surface area contributed by atoms with Gasteiger partial charge in [0.15, 0.2) is 0 Å². The maximum atomic E-state index is 11.9. The number of aromatic amines is 1. The number of aromatic nitrogens is 1. The first-order valence-corrected chi connectivity index (χ1v) is 8.22. The summed E-state index contributed by atoms with van der Waals surface area (Å²) < 4.78 is 5.40. The second-order valence-corrected chi connectivity index (χ2v) is 6.57. The van der Waals surface area contributed by atoms with Crippen LogP contribution >= 0.6 is 0 Å². The van der Waals surface area contributed by atoms with E-state index in [0.717, 1.165) is 22.2 Å². The third kappa shape index (κ3) is 4.20. The van der Waals surface area contributed by atoms with Gasteiger partial charge in [0, 0.05) is 30.2 Å². The van der Waals surface area contributed by atoms with Crippen molar-refractivity contribution in [1.29, 1.82) is 0 Å². The number of hydrogen-bond donors (Lipinski definition) is 4. The summed E-state index contributed by atoms with van der Waals surface area (Å²) >= 11 is 0. The van der Waals surface area contributed by atoms with Crippen LogP contribution in [0.2, 0.25) is 0 Å². The van der Waals surface area contributed by atoms with E-state index in [0.29, 0.717) is 13.0 Å². The topological polar surface area (TPSA) is 86.4 Å². The minimum atomic E-state index is -0.915. The number of ether oxygens (including phenoxy) is 1. The van der Waals surface area contributed by atoms with E-state index in [9.17, 15) is 9.90 Å². The standard InChI is InChI=1S/C18H27N3O3/c1-12(2)18(3,23)11-21-17(22)19-9-8-13-10-20-14-6-5-7-15(24-4)16(13)14/h5-7,10,12,20,23H,8-9,11H2,1-4H3,(H2,19,21,22). The minimum absolute atomic E-state index is 0.0662. The van der Waals surface area contributed by atoms with E-state index < -0.39 is 5.60 Å². The maximum absolute atomic E-state index is 11.9. The molecular weight excluding hydrogens is 306 g/mol. The summed E-state index contributed by atoms with van der Waals surface area (Å²) in [6.45, 7) is 6.28. The van der Waals surface area contributed by atoms with Crippen LogP contribution in [0.3, 0.4) is 0 Å². The highest BCUT2D eigenvalue weighted by Gasteiger charge is 2.25. The molecule has 1 aromatic carbocycles. The number of nitrogens with one attached hydrogen (secondary N) is 3. The smallest absolute Gasteiger partial charge is 0.314 e. The lowest BCUT2D eigenvalue weighted by molar-refractivity contribution is 0.0166. The Morgan fingerprint density at radius 1 is 1.38 bits per heavy atom. The molecule has 0 radical (unpaired) electrons. The van der Waals surface area contributed by atoms with Gasteiger partial charge in [0.05, 0.1) is 12.7 Å². The van der Waals surface area contributed by atoms with Gasteiger partial charge in [-0.05, 0) is 37.0 Å². The first kappa shape index (κ1) is 18.1. The van der Waals surface area contributed by atoms with Gasteiger partial charge in [-0.15, -0.1) is 0 Å². The molecule has 1 atom stereocenters. The molecule has 6 nitrogen and oxygen atoms in total. The highest BCUT2D eigenvalue weighted by molar-refractivity contribution is 5.89. The number of urea groups is 1. The number of aliphatic hydroxyl groups is 1. The molecule has 132 valence electrons. The van der Waals surface area contributed by atoms with Gasteiger partial charge < -0.3 is 25.5 Å². The highest BCUT2D eigenvalue weighted by atomic mass is 16.5. The third-order valence-electron chi connectivity index (χ3n) is 4.50. The lowest BCUT2D eigenvalue weighted by Gasteiger charge is -2.27. The van der Waals surface area contributed by atoms with Crippen LogP contribution in [-0.2, 0) is 6.42 Å². The van der Waals surface area contributed by atoms with E-state index in [1.165, 1.54) is 0 Å². The van der Waals surface area contributed by atoms with Gasteiger partial charge in [-0.2, -0.15) is 0 Å². The average Bonchev–Trinajstić information content (AvgIpc) is 2.96. The molecule has 0 aliphatic carbocycles. The Morgan fingerprint density at radius 3 is 2.79 bits per heavy atom. The van der Waals surface area contributed by atoms with Crippen LogP contribution in [0.15, 0.2) is 24.4 Å². The molecule has 0 saturated heterocycles. The zero-order valence-electron chi connectivity index (χ0n) is 14.8. The monoisotopic (exact) mass is 333 g/mol. The first-order valence-electron chi connectivity index (χ1n) is 8.22. The lowest BCUT2D eigenvalue weighted by Crippen LogP contribution is -2.47. The molecule has 24 heavy (non-hydrogen) atoms. The number of hydrogen-bond acceptors (Lipinski definition) is 3. The number of fused-ring (bicyclic) bond motifs is 1.